The predicted molar refractivity (Wildman–Crippen MR) is 129 cm³/mol. The van der Waals surface area contributed by atoms with Gasteiger partial charge in [0.1, 0.15) is 5.78 Å². The van der Waals surface area contributed by atoms with E-state index in [1.54, 1.807) is 0 Å². The van der Waals surface area contributed by atoms with Gasteiger partial charge in [-0.15, -0.1) is 0 Å². The Hall–Kier alpha value is -0.450. The highest BCUT2D eigenvalue weighted by Gasteiger charge is 2.64. The van der Waals surface area contributed by atoms with E-state index >= 15 is 0 Å². The number of hydrogen-bond donors (Lipinski definition) is 2. The molecule has 5 rings (SSSR count). The highest BCUT2D eigenvalue weighted by atomic mass is 16.6. The van der Waals surface area contributed by atoms with E-state index in [9.17, 15) is 15.0 Å². The van der Waals surface area contributed by atoms with Gasteiger partial charge in [-0.3, -0.25) is 4.79 Å². The fourth-order valence-electron chi connectivity index (χ4n) is 9.97. The number of carbonyl (C=O) groups excluding carboxylic acids is 1. The van der Waals surface area contributed by atoms with Crippen LogP contribution in [0.2, 0.25) is 0 Å². The average molecular weight is 461 g/mol. The number of rotatable bonds is 3. The van der Waals surface area contributed by atoms with Crippen molar-refractivity contribution < 1.29 is 19.7 Å². The molecule has 4 nitrogen and oxygen atoms in total. The molecule has 4 aliphatic carbocycles. The molecular weight excluding hydrogens is 412 g/mol. The van der Waals surface area contributed by atoms with Crippen molar-refractivity contribution >= 4 is 5.78 Å². The van der Waals surface area contributed by atoms with Crippen molar-refractivity contribution in [3.8, 4) is 0 Å². The SMILES string of the molecule is CC(C)[C@@H]1CC(O)OC([C@@H](C)[C@H]2CC(=O)[C@@H]3[C@@H]4CCC5CC(O)CC[C@]5(C)[C@H]4CC[C@]23C)C1. The summed E-state index contributed by atoms with van der Waals surface area (Å²) in [4.78, 5) is 13.7. The second-order valence-electron chi connectivity index (χ2n) is 13.7. The molecule has 1 aliphatic heterocycles. The molecule has 0 spiro atoms. The Kier molecular flexibility index (Phi) is 6.31. The minimum atomic E-state index is -0.660. The van der Waals surface area contributed by atoms with E-state index < -0.39 is 6.29 Å². The molecule has 0 aromatic carbocycles. The van der Waals surface area contributed by atoms with E-state index in [1.807, 2.05) is 0 Å². The van der Waals surface area contributed by atoms with Crippen LogP contribution in [0.1, 0.15) is 98.8 Å². The summed E-state index contributed by atoms with van der Waals surface area (Å²) >= 11 is 0. The van der Waals surface area contributed by atoms with Gasteiger partial charge in [0.25, 0.3) is 0 Å². The molecule has 33 heavy (non-hydrogen) atoms. The molecule has 4 saturated carbocycles. The van der Waals surface area contributed by atoms with Gasteiger partial charge in [-0.25, -0.2) is 0 Å². The number of ketones is 1. The summed E-state index contributed by atoms with van der Waals surface area (Å²) in [7, 11) is 0. The van der Waals surface area contributed by atoms with Crippen molar-refractivity contribution in [1.29, 1.82) is 0 Å². The van der Waals surface area contributed by atoms with Gasteiger partial charge in [-0.2, -0.15) is 0 Å². The third-order valence-corrected chi connectivity index (χ3v) is 12.0. The van der Waals surface area contributed by atoms with Crippen LogP contribution in [0.5, 0.6) is 0 Å². The summed E-state index contributed by atoms with van der Waals surface area (Å²) in [5.74, 6) is 4.20. The number of fused-ring (bicyclic) bond motifs is 5. The maximum atomic E-state index is 13.7. The lowest BCUT2D eigenvalue weighted by Crippen LogP contribution is -2.55. The zero-order valence-corrected chi connectivity index (χ0v) is 21.6. The number of Topliss-reactive ketones (excluding diaryl/α,β-unsaturated/α-hetero) is 1. The largest absolute Gasteiger partial charge is 0.393 e. The summed E-state index contributed by atoms with van der Waals surface area (Å²) in [6.07, 6.45) is 9.49. The van der Waals surface area contributed by atoms with Crippen LogP contribution in [0.3, 0.4) is 0 Å². The molecule has 1 heterocycles. The van der Waals surface area contributed by atoms with Crippen LogP contribution in [-0.2, 0) is 9.53 Å². The Balaban J connectivity index is 1.37. The zero-order chi connectivity index (χ0) is 23.7. The Bertz CT molecular complexity index is 750. The third kappa shape index (κ3) is 3.85. The lowest BCUT2D eigenvalue weighted by atomic mass is 9.44. The maximum absolute atomic E-state index is 13.7. The van der Waals surface area contributed by atoms with E-state index in [4.69, 9.17) is 4.74 Å². The van der Waals surface area contributed by atoms with Crippen LogP contribution in [0.25, 0.3) is 0 Å². The van der Waals surface area contributed by atoms with E-state index in [1.165, 1.54) is 19.3 Å². The van der Waals surface area contributed by atoms with Crippen molar-refractivity contribution in [1.82, 2.24) is 0 Å². The molecule has 0 bridgehead atoms. The molecular formula is C29H48O4. The Morgan fingerprint density at radius 1 is 0.939 bits per heavy atom. The molecule has 5 aliphatic rings. The summed E-state index contributed by atoms with van der Waals surface area (Å²) in [6.45, 7) is 11.7. The quantitative estimate of drug-likeness (QED) is 0.576. The average Bonchev–Trinajstić information content (AvgIpc) is 3.04. The summed E-state index contributed by atoms with van der Waals surface area (Å²) in [6, 6.07) is 0. The molecule has 4 heteroatoms. The molecule has 5 fully saturated rings. The van der Waals surface area contributed by atoms with E-state index in [0.717, 1.165) is 38.5 Å². The van der Waals surface area contributed by atoms with Crippen LogP contribution in [0.15, 0.2) is 0 Å². The van der Waals surface area contributed by atoms with Crippen molar-refractivity contribution in [2.45, 2.75) is 117 Å². The third-order valence-electron chi connectivity index (χ3n) is 12.0. The molecule has 0 radical (unpaired) electrons. The zero-order valence-electron chi connectivity index (χ0n) is 21.6. The Morgan fingerprint density at radius 3 is 2.39 bits per heavy atom. The lowest BCUT2D eigenvalue weighted by Gasteiger charge is -2.60. The van der Waals surface area contributed by atoms with Crippen LogP contribution >= 0.6 is 0 Å². The first-order chi connectivity index (χ1) is 15.5. The molecule has 1 saturated heterocycles. The fourth-order valence-corrected chi connectivity index (χ4v) is 9.97. The van der Waals surface area contributed by atoms with Crippen LogP contribution < -0.4 is 0 Å². The van der Waals surface area contributed by atoms with Gasteiger partial charge >= 0.3 is 0 Å². The number of aliphatic hydroxyl groups is 2. The van der Waals surface area contributed by atoms with Crippen LogP contribution in [0.4, 0.5) is 0 Å². The molecule has 0 aromatic heterocycles. The standard InChI is InChI=1S/C29H48O4/c1-16(2)18-12-25(33-26(32)13-18)17(3)23-15-24(31)27-21-7-6-19-14-20(30)8-10-28(19,4)22(21)9-11-29(23,27)5/h16-23,25-27,30,32H,6-15H2,1-5H3/t17-,18-,19?,20?,21+,22-,23+,25?,26?,27-,28-,29+/m0/s1. The van der Waals surface area contributed by atoms with Gasteiger partial charge in [0.15, 0.2) is 6.29 Å². The van der Waals surface area contributed by atoms with Gasteiger partial charge in [0, 0.05) is 18.8 Å². The minimum Gasteiger partial charge on any atom is -0.393 e. The number of hydrogen-bond acceptors (Lipinski definition) is 4. The first-order valence-electron chi connectivity index (χ1n) is 14.1. The highest BCUT2D eigenvalue weighted by Crippen LogP contribution is 2.67. The monoisotopic (exact) mass is 460 g/mol. The summed E-state index contributed by atoms with van der Waals surface area (Å²) in [5, 5.41) is 20.7. The van der Waals surface area contributed by atoms with E-state index in [0.29, 0.717) is 59.0 Å². The molecule has 12 atom stereocenters. The maximum Gasteiger partial charge on any atom is 0.155 e. The number of aliphatic hydroxyl groups excluding tert-OH is 2. The van der Waals surface area contributed by atoms with E-state index in [2.05, 4.69) is 34.6 Å². The highest BCUT2D eigenvalue weighted by molar-refractivity contribution is 5.85. The molecule has 0 amide bonds. The van der Waals surface area contributed by atoms with Gasteiger partial charge in [0.2, 0.25) is 0 Å². The summed E-state index contributed by atoms with van der Waals surface area (Å²) in [5.41, 5.74) is 0.364. The minimum absolute atomic E-state index is 0.0559. The van der Waals surface area contributed by atoms with Crippen molar-refractivity contribution in [3.05, 3.63) is 0 Å². The van der Waals surface area contributed by atoms with Gasteiger partial charge in [0.05, 0.1) is 12.2 Å². The summed E-state index contributed by atoms with van der Waals surface area (Å²) < 4.78 is 6.12. The van der Waals surface area contributed by atoms with Gasteiger partial charge in [-0.1, -0.05) is 34.6 Å². The second-order valence-corrected chi connectivity index (χ2v) is 13.7. The second kappa shape index (κ2) is 8.59. The lowest BCUT2D eigenvalue weighted by molar-refractivity contribution is -0.205. The van der Waals surface area contributed by atoms with Crippen LogP contribution in [0, 0.1) is 58.2 Å². The Morgan fingerprint density at radius 2 is 1.67 bits per heavy atom. The number of carbonyl (C=O) groups is 1. The molecule has 0 aromatic rings. The van der Waals surface area contributed by atoms with Crippen molar-refractivity contribution in [2.75, 3.05) is 0 Å². The normalized spacial score (nSPS) is 53.3. The van der Waals surface area contributed by atoms with E-state index in [-0.39, 0.29) is 23.5 Å². The first kappa shape index (κ1) is 24.3. The van der Waals surface area contributed by atoms with Crippen LogP contribution in [-0.4, -0.2) is 34.5 Å². The Labute approximate surface area is 201 Å². The van der Waals surface area contributed by atoms with Gasteiger partial charge in [-0.05, 0) is 104 Å². The molecule has 4 unspecified atom stereocenters. The first-order valence-corrected chi connectivity index (χ1v) is 14.1. The molecule has 188 valence electrons. The molecule has 2 N–H and O–H groups in total. The van der Waals surface area contributed by atoms with Crippen molar-refractivity contribution in [2.24, 2.45) is 58.2 Å². The number of ether oxygens (including phenoxy) is 1. The predicted octanol–water partition coefficient (Wildman–Crippen LogP) is 5.59. The van der Waals surface area contributed by atoms with Crippen molar-refractivity contribution in [3.63, 3.8) is 0 Å². The smallest absolute Gasteiger partial charge is 0.155 e. The topological polar surface area (TPSA) is 66.8 Å². The van der Waals surface area contributed by atoms with Gasteiger partial charge < -0.3 is 14.9 Å². The fraction of sp³-hybridized carbons (Fsp3) is 0.966.